The number of hydrogen-bond donors (Lipinski definition) is 1. The van der Waals surface area contributed by atoms with E-state index >= 15 is 0 Å². The van der Waals surface area contributed by atoms with Gasteiger partial charge in [-0.25, -0.2) is 8.42 Å². The molecule has 17 heavy (non-hydrogen) atoms. The molecule has 1 unspecified atom stereocenters. The van der Waals surface area contributed by atoms with Gasteiger partial charge in [-0.1, -0.05) is 6.92 Å². The fraction of sp³-hybridized carbons (Fsp3) is 0.545. The second kappa shape index (κ2) is 5.46. The van der Waals surface area contributed by atoms with Gasteiger partial charge in [-0.05, 0) is 19.4 Å². The number of anilines is 1. The van der Waals surface area contributed by atoms with Crippen LogP contribution in [0.4, 0.5) is 5.69 Å². The van der Waals surface area contributed by atoms with E-state index in [0.29, 0.717) is 5.69 Å². The van der Waals surface area contributed by atoms with Gasteiger partial charge in [0, 0.05) is 32.5 Å². The minimum absolute atomic E-state index is 0.0371. The van der Waals surface area contributed by atoms with Crippen molar-refractivity contribution in [2.45, 2.75) is 31.2 Å². The molecule has 0 aliphatic heterocycles. The highest BCUT2D eigenvalue weighted by atomic mass is 32.2. The van der Waals surface area contributed by atoms with Crippen LogP contribution < -0.4 is 5.32 Å². The van der Waals surface area contributed by atoms with Crippen LogP contribution in [0.15, 0.2) is 23.4 Å². The van der Waals surface area contributed by atoms with Crippen molar-refractivity contribution in [3.8, 4) is 0 Å². The first-order valence-corrected chi connectivity index (χ1v) is 6.99. The van der Waals surface area contributed by atoms with Crippen LogP contribution in [0.25, 0.3) is 0 Å². The third kappa shape index (κ3) is 2.76. The molecule has 0 spiro atoms. The van der Waals surface area contributed by atoms with Crippen LogP contribution in [-0.4, -0.2) is 37.8 Å². The number of sulfonamides is 1. The smallest absolute Gasteiger partial charge is 0.246 e. The van der Waals surface area contributed by atoms with E-state index in [1.165, 1.54) is 10.5 Å². The number of hydrogen-bond acceptors (Lipinski definition) is 4. The molecule has 0 aliphatic carbocycles. The summed E-state index contributed by atoms with van der Waals surface area (Å²) in [7, 11) is -0.199. The van der Waals surface area contributed by atoms with Gasteiger partial charge in [0.1, 0.15) is 4.90 Å². The third-order valence-electron chi connectivity index (χ3n) is 2.92. The Morgan fingerprint density at radius 3 is 2.71 bits per heavy atom. The second-order valence-corrected chi connectivity index (χ2v) is 5.87. The maximum absolute atomic E-state index is 12.4. The predicted octanol–water partition coefficient (Wildman–Crippen LogP) is 1.54. The van der Waals surface area contributed by atoms with Crippen molar-refractivity contribution in [1.29, 1.82) is 0 Å². The average Bonchev–Trinajstić information content (AvgIpc) is 2.36. The van der Waals surface area contributed by atoms with Gasteiger partial charge in [-0.3, -0.25) is 4.98 Å². The summed E-state index contributed by atoms with van der Waals surface area (Å²) in [6.07, 6.45) is 3.71. The minimum atomic E-state index is -3.48. The molecule has 1 rings (SSSR count). The van der Waals surface area contributed by atoms with E-state index in [0.717, 1.165) is 6.42 Å². The van der Waals surface area contributed by atoms with Crippen molar-refractivity contribution in [2.24, 2.45) is 0 Å². The van der Waals surface area contributed by atoms with Gasteiger partial charge in [0.25, 0.3) is 0 Å². The highest BCUT2D eigenvalue weighted by Crippen LogP contribution is 2.23. The van der Waals surface area contributed by atoms with E-state index in [1.807, 2.05) is 13.8 Å². The summed E-state index contributed by atoms with van der Waals surface area (Å²) in [5.74, 6) is 0. The van der Waals surface area contributed by atoms with Gasteiger partial charge >= 0.3 is 0 Å². The van der Waals surface area contributed by atoms with Gasteiger partial charge in [0.05, 0.1) is 5.69 Å². The largest absolute Gasteiger partial charge is 0.387 e. The Morgan fingerprint density at radius 1 is 1.53 bits per heavy atom. The van der Waals surface area contributed by atoms with Crippen LogP contribution in [0.5, 0.6) is 0 Å². The van der Waals surface area contributed by atoms with E-state index < -0.39 is 10.0 Å². The molecule has 0 radical (unpaired) electrons. The molecule has 1 aromatic rings. The quantitative estimate of drug-likeness (QED) is 0.869. The maximum Gasteiger partial charge on any atom is 0.246 e. The first kappa shape index (κ1) is 13.9. The molecule has 0 fully saturated rings. The van der Waals surface area contributed by atoms with E-state index in [-0.39, 0.29) is 10.9 Å². The molecule has 96 valence electrons. The molecule has 0 aliphatic rings. The molecular formula is C11H19N3O2S. The van der Waals surface area contributed by atoms with Crippen molar-refractivity contribution in [3.05, 3.63) is 18.5 Å². The van der Waals surface area contributed by atoms with E-state index in [9.17, 15) is 8.42 Å². The first-order valence-electron chi connectivity index (χ1n) is 5.55. The number of rotatable bonds is 5. The fourth-order valence-corrected chi connectivity index (χ4v) is 3.02. The fourth-order valence-electron chi connectivity index (χ4n) is 1.44. The minimum Gasteiger partial charge on any atom is -0.387 e. The topological polar surface area (TPSA) is 62.3 Å². The highest BCUT2D eigenvalue weighted by molar-refractivity contribution is 7.89. The van der Waals surface area contributed by atoms with E-state index in [4.69, 9.17) is 0 Å². The van der Waals surface area contributed by atoms with Crippen molar-refractivity contribution < 1.29 is 8.42 Å². The summed E-state index contributed by atoms with van der Waals surface area (Å²) < 4.78 is 26.1. The predicted molar refractivity (Wildman–Crippen MR) is 68.5 cm³/mol. The van der Waals surface area contributed by atoms with Crippen LogP contribution in [0, 0.1) is 0 Å². The molecular weight excluding hydrogens is 238 g/mol. The second-order valence-electron chi connectivity index (χ2n) is 3.90. The molecule has 0 amide bonds. The SMILES string of the molecule is CCC(C)N(C)S(=O)(=O)c1cnccc1NC. The summed E-state index contributed by atoms with van der Waals surface area (Å²) >= 11 is 0. The number of nitrogens with one attached hydrogen (secondary N) is 1. The summed E-state index contributed by atoms with van der Waals surface area (Å²) in [6.45, 7) is 3.84. The van der Waals surface area contributed by atoms with E-state index in [2.05, 4.69) is 10.3 Å². The van der Waals surface area contributed by atoms with Crippen molar-refractivity contribution in [3.63, 3.8) is 0 Å². The molecule has 0 aromatic carbocycles. The Morgan fingerprint density at radius 2 is 2.18 bits per heavy atom. The van der Waals surface area contributed by atoms with Gasteiger partial charge in [0.2, 0.25) is 10.0 Å². The Bertz CT molecular complexity index is 473. The summed E-state index contributed by atoms with van der Waals surface area (Å²) in [5.41, 5.74) is 0.565. The maximum atomic E-state index is 12.4. The molecule has 1 heterocycles. The molecule has 5 nitrogen and oxygen atoms in total. The number of aromatic nitrogens is 1. The number of nitrogens with zero attached hydrogens (tertiary/aromatic N) is 2. The average molecular weight is 257 g/mol. The lowest BCUT2D eigenvalue weighted by atomic mass is 10.3. The molecule has 1 aromatic heterocycles. The lowest BCUT2D eigenvalue weighted by Crippen LogP contribution is -2.35. The molecule has 1 N–H and O–H groups in total. The molecule has 6 heteroatoms. The summed E-state index contributed by atoms with van der Waals surface area (Å²) in [4.78, 5) is 4.09. The lowest BCUT2D eigenvalue weighted by molar-refractivity contribution is 0.380. The van der Waals surface area contributed by atoms with Crippen molar-refractivity contribution >= 4 is 15.7 Å². The Balaban J connectivity index is 3.22. The summed E-state index contributed by atoms with van der Waals surface area (Å²) in [5, 5.41) is 2.87. The molecule has 1 atom stereocenters. The summed E-state index contributed by atoms with van der Waals surface area (Å²) in [6, 6.07) is 1.61. The standard InChI is InChI=1S/C11H19N3O2S/c1-5-9(2)14(4)17(15,16)11-8-13-7-6-10(11)12-3/h6-9H,5H2,1-4H3,(H,12,13). The van der Waals surface area contributed by atoms with Crippen LogP contribution in [0.1, 0.15) is 20.3 Å². The molecule has 0 bridgehead atoms. The Hall–Kier alpha value is -1.14. The van der Waals surface area contributed by atoms with E-state index in [1.54, 1.807) is 26.4 Å². The monoisotopic (exact) mass is 257 g/mol. The third-order valence-corrected chi connectivity index (χ3v) is 4.92. The Kier molecular flexibility index (Phi) is 4.47. The van der Waals surface area contributed by atoms with Gasteiger partial charge < -0.3 is 5.32 Å². The first-order chi connectivity index (χ1) is 7.95. The van der Waals surface area contributed by atoms with Crippen LogP contribution in [-0.2, 0) is 10.0 Å². The lowest BCUT2D eigenvalue weighted by Gasteiger charge is -2.24. The van der Waals surface area contributed by atoms with Gasteiger partial charge in [-0.2, -0.15) is 4.31 Å². The van der Waals surface area contributed by atoms with Crippen molar-refractivity contribution in [1.82, 2.24) is 9.29 Å². The van der Waals surface area contributed by atoms with Gasteiger partial charge in [-0.15, -0.1) is 0 Å². The highest BCUT2D eigenvalue weighted by Gasteiger charge is 2.26. The zero-order chi connectivity index (χ0) is 13.1. The Labute approximate surface area is 103 Å². The van der Waals surface area contributed by atoms with Crippen LogP contribution >= 0.6 is 0 Å². The molecule has 0 saturated heterocycles. The van der Waals surface area contributed by atoms with Crippen LogP contribution in [0.2, 0.25) is 0 Å². The van der Waals surface area contributed by atoms with Gasteiger partial charge in [0.15, 0.2) is 0 Å². The zero-order valence-electron chi connectivity index (χ0n) is 10.6. The number of pyridine rings is 1. The van der Waals surface area contributed by atoms with Crippen LogP contribution in [0.3, 0.4) is 0 Å². The normalized spacial score (nSPS) is 13.7. The molecule has 0 saturated carbocycles. The zero-order valence-corrected chi connectivity index (χ0v) is 11.5. The van der Waals surface area contributed by atoms with Crippen molar-refractivity contribution in [2.75, 3.05) is 19.4 Å².